The first kappa shape index (κ1) is 16.4. The first-order valence-electron chi connectivity index (χ1n) is 6.07. The molecule has 1 unspecified atom stereocenters. The third-order valence-electron chi connectivity index (χ3n) is 2.35. The van der Waals surface area contributed by atoms with Gasteiger partial charge in [-0.1, -0.05) is 0 Å². The molecule has 1 rings (SSSR count). The molecule has 0 heterocycles. The number of nitrogens with zero attached hydrogens (tertiary/aromatic N) is 1. The Kier molecular flexibility index (Phi) is 4.85. The maximum absolute atomic E-state index is 11.6. The van der Waals surface area contributed by atoms with E-state index < -0.39 is 28.6 Å². The van der Waals surface area contributed by atoms with Gasteiger partial charge in [-0.25, -0.2) is 9.59 Å². The number of benzene rings is 1. The van der Waals surface area contributed by atoms with Crippen LogP contribution in [0.15, 0.2) is 24.3 Å². The third-order valence-corrected chi connectivity index (χ3v) is 2.35. The zero-order valence-corrected chi connectivity index (χ0v) is 11.8. The lowest BCUT2D eigenvalue weighted by atomic mass is 10.1. The number of aliphatic carboxylic acids is 1. The van der Waals surface area contributed by atoms with E-state index in [1.165, 1.54) is 24.3 Å². The van der Waals surface area contributed by atoms with Crippen molar-refractivity contribution in [1.29, 1.82) is 0 Å². The molecular weight excluding hydrogens is 280 g/mol. The first-order chi connectivity index (χ1) is 9.60. The van der Waals surface area contributed by atoms with Crippen LogP contribution in [0.4, 0.5) is 10.5 Å². The average molecular weight is 296 g/mol. The van der Waals surface area contributed by atoms with Crippen LogP contribution in [-0.4, -0.2) is 27.7 Å². The number of non-ortho nitro benzene ring substituents is 1. The van der Waals surface area contributed by atoms with Gasteiger partial charge in [-0.2, -0.15) is 0 Å². The Balaban J connectivity index is 2.89. The molecule has 114 valence electrons. The Morgan fingerprint density at radius 2 is 1.81 bits per heavy atom. The molecule has 0 aliphatic rings. The van der Waals surface area contributed by atoms with Gasteiger partial charge in [-0.05, 0) is 38.5 Å². The van der Waals surface area contributed by atoms with Gasteiger partial charge in [0.15, 0.2) is 6.04 Å². The van der Waals surface area contributed by atoms with E-state index in [4.69, 9.17) is 9.84 Å². The molecule has 0 aliphatic carbocycles. The highest BCUT2D eigenvalue weighted by atomic mass is 16.6. The minimum Gasteiger partial charge on any atom is -0.479 e. The van der Waals surface area contributed by atoms with Crippen molar-refractivity contribution in [2.75, 3.05) is 0 Å². The molecule has 0 radical (unpaired) electrons. The summed E-state index contributed by atoms with van der Waals surface area (Å²) in [6, 6.07) is 3.53. The number of alkyl carbamates (subject to hydrolysis) is 1. The summed E-state index contributed by atoms with van der Waals surface area (Å²) >= 11 is 0. The number of nitro groups is 1. The highest BCUT2D eigenvalue weighted by Crippen LogP contribution is 2.19. The van der Waals surface area contributed by atoms with E-state index in [0.29, 0.717) is 0 Å². The predicted octanol–water partition coefficient (Wildman–Crippen LogP) is 2.25. The van der Waals surface area contributed by atoms with Crippen LogP contribution in [0.1, 0.15) is 32.4 Å². The first-order valence-corrected chi connectivity index (χ1v) is 6.07. The fourth-order valence-electron chi connectivity index (χ4n) is 1.50. The van der Waals surface area contributed by atoms with Crippen LogP contribution < -0.4 is 5.32 Å². The highest BCUT2D eigenvalue weighted by molar-refractivity contribution is 5.81. The molecule has 0 saturated carbocycles. The smallest absolute Gasteiger partial charge is 0.408 e. The Bertz CT molecular complexity index is 547. The zero-order valence-electron chi connectivity index (χ0n) is 11.8. The summed E-state index contributed by atoms with van der Waals surface area (Å²) in [7, 11) is 0. The second-order valence-electron chi connectivity index (χ2n) is 5.27. The van der Waals surface area contributed by atoms with Gasteiger partial charge in [-0.3, -0.25) is 10.1 Å². The average Bonchev–Trinajstić information content (AvgIpc) is 2.33. The lowest BCUT2D eigenvalue weighted by Crippen LogP contribution is -2.38. The monoisotopic (exact) mass is 296 g/mol. The summed E-state index contributed by atoms with van der Waals surface area (Å²) in [5.41, 5.74) is -0.720. The zero-order chi connectivity index (χ0) is 16.2. The molecule has 21 heavy (non-hydrogen) atoms. The summed E-state index contributed by atoms with van der Waals surface area (Å²) in [6.45, 7) is 4.94. The number of ether oxygens (including phenoxy) is 1. The molecule has 0 fully saturated rings. The van der Waals surface area contributed by atoms with Crippen LogP contribution >= 0.6 is 0 Å². The lowest BCUT2D eigenvalue weighted by Gasteiger charge is -2.22. The number of carbonyl (C=O) groups excluding carboxylic acids is 1. The van der Waals surface area contributed by atoms with Gasteiger partial charge in [0, 0.05) is 12.1 Å². The molecule has 8 heteroatoms. The second-order valence-corrected chi connectivity index (χ2v) is 5.27. The number of nitro benzene ring substituents is 1. The summed E-state index contributed by atoms with van der Waals surface area (Å²) in [4.78, 5) is 32.8. The largest absolute Gasteiger partial charge is 0.479 e. The maximum atomic E-state index is 11.6. The van der Waals surface area contributed by atoms with E-state index in [2.05, 4.69) is 5.32 Å². The lowest BCUT2D eigenvalue weighted by molar-refractivity contribution is -0.384. The summed E-state index contributed by atoms with van der Waals surface area (Å²) in [5.74, 6) is -1.30. The van der Waals surface area contributed by atoms with Crippen LogP contribution in [0.3, 0.4) is 0 Å². The van der Waals surface area contributed by atoms with Gasteiger partial charge in [0.05, 0.1) is 4.92 Å². The Morgan fingerprint density at radius 1 is 1.29 bits per heavy atom. The molecule has 8 nitrogen and oxygen atoms in total. The predicted molar refractivity (Wildman–Crippen MR) is 72.8 cm³/mol. The number of amides is 1. The number of nitrogens with one attached hydrogen (secondary N) is 1. The number of carboxylic acid groups (broad SMARTS) is 1. The fourth-order valence-corrected chi connectivity index (χ4v) is 1.50. The minimum atomic E-state index is -1.35. The highest BCUT2D eigenvalue weighted by Gasteiger charge is 2.25. The molecule has 1 amide bonds. The Hall–Kier alpha value is -2.64. The molecule has 0 saturated heterocycles. The van der Waals surface area contributed by atoms with Gasteiger partial charge in [0.2, 0.25) is 0 Å². The van der Waals surface area contributed by atoms with Crippen LogP contribution in [0.2, 0.25) is 0 Å². The molecule has 0 aliphatic heterocycles. The Labute approximate surface area is 120 Å². The third kappa shape index (κ3) is 5.09. The molecular formula is C13H16N2O6. The molecule has 1 aromatic carbocycles. The molecule has 1 aromatic rings. The van der Waals surface area contributed by atoms with Crippen molar-refractivity contribution in [1.82, 2.24) is 5.32 Å². The quantitative estimate of drug-likeness (QED) is 0.649. The van der Waals surface area contributed by atoms with Crippen molar-refractivity contribution in [2.45, 2.75) is 32.4 Å². The standard InChI is InChI=1S/C13H16N2O6/c1-13(2,3)21-12(18)14-10(11(16)17)8-4-6-9(7-5-8)15(19)20/h4-7,10H,1-3H3,(H,14,18)(H,16,17). The van der Waals surface area contributed by atoms with Crippen LogP contribution in [-0.2, 0) is 9.53 Å². The molecule has 1 atom stereocenters. The Morgan fingerprint density at radius 3 is 2.19 bits per heavy atom. The van der Waals surface area contributed by atoms with Gasteiger partial charge >= 0.3 is 12.1 Å². The second kappa shape index (κ2) is 6.21. The van der Waals surface area contributed by atoms with E-state index in [1.807, 2.05) is 0 Å². The van der Waals surface area contributed by atoms with Crippen molar-refractivity contribution in [3.63, 3.8) is 0 Å². The van der Waals surface area contributed by atoms with E-state index >= 15 is 0 Å². The molecule has 0 bridgehead atoms. The van der Waals surface area contributed by atoms with Crippen molar-refractivity contribution in [3.05, 3.63) is 39.9 Å². The maximum Gasteiger partial charge on any atom is 0.408 e. The van der Waals surface area contributed by atoms with E-state index in [9.17, 15) is 19.7 Å². The molecule has 2 N–H and O–H groups in total. The van der Waals surface area contributed by atoms with Crippen molar-refractivity contribution in [2.24, 2.45) is 0 Å². The van der Waals surface area contributed by atoms with Crippen LogP contribution in [0.25, 0.3) is 0 Å². The van der Waals surface area contributed by atoms with E-state index in [1.54, 1.807) is 20.8 Å². The normalized spacial score (nSPS) is 12.3. The number of hydrogen-bond donors (Lipinski definition) is 2. The van der Waals surface area contributed by atoms with Crippen LogP contribution in [0, 0.1) is 10.1 Å². The molecule has 0 spiro atoms. The van der Waals surface area contributed by atoms with Gasteiger partial charge < -0.3 is 15.2 Å². The molecule has 0 aromatic heterocycles. The minimum absolute atomic E-state index is 0.167. The van der Waals surface area contributed by atoms with Crippen LogP contribution in [0.5, 0.6) is 0 Å². The van der Waals surface area contributed by atoms with Crippen molar-refractivity contribution in [3.8, 4) is 0 Å². The van der Waals surface area contributed by atoms with Gasteiger partial charge in [0.25, 0.3) is 5.69 Å². The summed E-state index contributed by atoms with van der Waals surface area (Å²) in [5, 5.41) is 21.9. The van der Waals surface area contributed by atoms with E-state index in [0.717, 1.165) is 0 Å². The van der Waals surface area contributed by atoms with Crippen molar-refractivity contribution < 1.29 is 24.4 Å². The summed E-state index contributed by atoms with van der Waals surface area (Å²) < 4.78 is 4.98. The van der Waals surface area contributed by atoms with E-state index in [-0.39, 0.29) is 11.3 Å². The SMILES string of the molecule is CC(C)(C)OC(=O)NC(C(=O)O)c1ccc([N+](=O)[O-])cc1. The number of carboxylic acids is 1. The fraction of sp³-hybridized carbons (Fsp3) is 0.385. The topological polar surface area (TPSA) is 119 Å². The van der Waals surface area contributed by atoms with Gasteiger partial charge in [-0.15, -0.1) is 0 Å². The number of hydrogen-bond acceptors (Lipinski definition) is 5. The number of rotatable bonds is 4. The summed E-state index contributed by atoms with van der Waals surface area (Å²) in [6.07, 6.45) is -0.881. The van der Waals surface area contributed by atoms with Crippen molar-refractivity contribution >= 4 is 17.7 Å². The van der Waals surface area contributed by atoms with Gasteiger partial charge in [0.1, 0.15) is 5.60 Å². The number of carbonyl (C=O) groups is 2.